The van der Waals surface area contributed by atoms with Crippen LogP contribution in [0.4, 0.5) is 0 Å². The number of alkyl halides is 1. The lowest BCUT2D eigenvalue weighted by atomic mass is 10.2. The molecule has 0 aromatic heterocycles. The van der Waals surface area contributed by atoms with Gasteiger partial charge in [-0.1, -0.05) is 30.3 Å². The summed E-state index contributed by atoms with van der Waals surface area (Å²) in [6.07, 6.45) is 1.84. The first kappa shape index (κ1) is 8.28. The number of rotatable bonds is 3. The van der Waals surface area contributed by atoms with E-state index in [2.05, 4.69) is 4.99 Å². The Kier molecular flexibility index (Phi) is 3.70. The van der Waals surface area contributed by atoms with Crippen molar-refractivity contribution in [1.29, 1.82) is 0 Å². The summed E-state index contributed by atoms with van der Waals surface area (Å²) in [6.45, 7) is 0.691. The standard InChI is InChI=1S/C9H10ClN/c10-6-7-11-8-9-4-2-1-3-5-9/h1-5,8H,6-7H2. The molecule has 1 nitrogen and oxygen atoms in total. The second kappa shape index (κ2) is 4.91. The Morgan fingerprint density at radius 1 is 1.27 bits per heavy atom. The maximum Gasteiger partial charge on any atom is 0.0525 e. The predicted octanol–water partition coefficient (Wildman–Crippen LogP) is 2.34. The Balaban J connectivity index is 2.50. The second-order valence-electron chi connectivity index (χ2n) is 2.13. The van der Waals surface area contributed by atoms with Crippen molar-refractivity contribution in [3.63, 3.8) is 0 Å². The van der Waals surface area contributed by atoms with Crippen molar-refractivity contribution < 1.29 is 0 Å². The molecule has 0 bridgehead atoms. The molecule has 58 valence electrons. The van der Waals surface area contributed by atoms with Gasteiger partial charge in [0, 0.05) is 12.1 Å². The van der Waals surface area contributed by atoms with Gasteiger partial charge in [-0.05, 0) is 5.56 Å². The third-order valence-electron chi connectivity index (χ3n) is 1.25. The van der Waals surface area contributed by atoms with Gasteiger partial charge in [-0.3, -0.25) is 4.99 Å². The highest BCUT2D eigenvalue weighted by atomic mass is 35.5. The molecule has 0 heterocycles. The predicted molar refractivity (Wildman–Crippen MR) is 49.6 cm³/mol. The minimum atomic E-state index is 0.587. The van der Waals surface area contributed by atoms with Crippen molar-refractivity contribution >= 4 is 17.8 Å². The first-order valence-corrected chi connectivity index (χ1v) is 4.08. The van der Waals surface area contributed by atoms with Crippen LogP contribution >= 0.6 is 11.6 Å². The van der Waals surface area contributed by atoms with E-state index in [1.807, 2.05) is 36.5 Å². The third kappa shape index (κ3) is 3.19. The second-order valence-corrected chi connectivity index (χ2v) is 2.51. The van der Waals surface area contributed by atoms with Crippen LogP contribution in [0.15, 0.2) is 35.3 Å². The lowest BCUT2D eigenvalue weighted by Gasteiger charge is -1.89. The summed E-state index contributed by atoms with van der Waals surface area (Å²) in [5.74, 6) is 0.587. The highest BCUT2D eigenvalue weighted by Gasteiger charge is 1.81. The molecule has 1 aromatic carbocycles. The fraction of sp³-hybridized carbons (Fsp3) is 0.222. The van der Waals surface area contributed by atoms with E-state index in [-0.39, 0.29) is 0 Å². The van der Waals surface area contributed by atoms with E-state index in [0.29, 0.717) is 12.4 Å². The molecule has 1 rings (SSSR count). The van der Waals surface area contributed by atoms with Crippen LogP contribution in [0.2, 0.25) is 0 Å². The van der Waals surface area contributed by atoms with Gasteiger partial charge in [0.15, 0.2) is 0 Å². The Hall–Kier alpha value is -0.820. The van der Waals surface area contributed by atoms with Crippen molar-refractivity contribution in [1.82, 2.24) is 0 Å². The fourth-order valence-electron chi connectivity index (χ4n) is 0.758. The molecule has 11 heavy (non-hydrogen) atoms. The fourth-order valence-corrected chi connectivity index (χ4v) is 0.855. The largest absolute Gasteiger partial charge is 0.291 e. The van der Waals surface area contributed by atoms with Crippen molar-refractivity contribution in [2.45, 2.75) is 0 Å². The summed E-state index contributed by atoms with van der Waals surface area (Å²) >= 11 is 5.45. The molecule has 0 radical (unpaired) electrons. The monoisotopic (exact) mass is 167 g/mol. The highest BCUT2D eigenvalue weighted by Crippen LogP contribution is 1.93. The Labute approximate surface area is 71.7 Å². The lowest BCUT2D eigenvalue weighted by Crippen LogP contribution is -1.83. The van der Waals surface area contributed by atoms with Gasteiger partial charge in [-0.15, -0.1) is 11.6 Å². The van der Waals surface area contributed by atoms with Crippen LogP contribution < -0.4 is 0 Å². The molecule has 0 aliphatic carbocycles. The van der Waals surface area contributed by atoms with Gasteiger partial charge in [-0.25, -0.2) is 0 Å². The van der Waals surface area contributed by atoms with Gasteiger partial charge in [-0.2, -0.15) is 0 Å². The van der Waals surface area contributed by atoms with E-state index in [0.717, 1.165) is 5.56 Å². The zero-order valence-corrected chi connectivity index (χ0v) is 6.96. The van der Waals surface area contributed by atoms with Crippen LogP contribution in [0.25, 0.3) is 0 Å². The summed E-state index contributed by atoms with van der Waals surface area (Å²) in [4.78, 5) is 4.10. The van der Waals surface area contributed by atoms with Crippen LogP contribution in [0.5, 0.6) is 0 Å². The summed E-state index contributed by atoms with van der Waals surface area (Å²) in [6, 6.07) is 9.98. The Bertz CT molecular complexity index is 218. The molecular weight excluding hydrogens is 158 g/mol. The number of halogens is 1. The van der Waals surface area contributed by atoms with E-state index >= 15 is 0 Å². The zero-order chi connectivity index (χ0) is 7.94. The van der Waals surface area contributed by atoms with Crippen molar-refractivity contribution in [2.75, 3.05) is 12.4 Å². The molecule has 0 saturated heterocycles. The zero-order valence-electron chi connectivity index (χ0n) is 6.20. The number of hydrogen-bond acceptors (Lipinski definition) is 1. The summed E-state index contributed by atoms with van der Waals surface area (Å²) < 4.78 is 0. The smallest absolute Gasteiger partial charge is 0.0525 e. The van der Waals surface area contributed by atoms with E-state index in [1.165, 1.54) is 0 Å². The normalized spacial score (nSPS) is 10.6. The molecule has 0 fully saturated rings. The van der Waals surface area contributed by atoms with E-state index in [4.69, 9.17) is 11.6 Å². The number of hydrogen-bond donors (Lipinski definition) is 0. The van der Waals surface area contributed by atoms with Crippen LogP contribution in [0, 0.1) is 0 Å². The molecule has 0 spiro atoms. The van der Waals surface area contributed by atoms with Gasteiger partial charge in [0.25, 0.3) is 0 Å². The topological polar surface area (TPSA) is 12.4 Å². The molecule has 2 heteroatoms. The highest BCUT2D eigenvalue weighted by molar-refractivity contribution is 6.18. The van der Waals surface area contributed by atoms with E-state index in [9.17, 15) is 0 Å². The van der Waals surface area contributed by atoms with E-state index < -0.39 is 0 Å². The summed E-state index contributed by atoms with van der Waals surface area (Å²) in [7, 11) is 0. The van der Waals surface area contributed by atoms with Crippen LogP contribution in [-0.4, -0.2) is 18.6 Å². The van der Waals surface area contributed by atoms with Gasteiger partial charge in [0.2, 0.25) is 0 Å². The molecule has 0 N–H and O–H groups in total. The number of aliphatic imine (C=N–C) groups is 1. The quantitative estimate of drug-likeness (QED) is 0.484. The number of benzene rings is 1. The maximum absolute atomic E-state index is 5.45. The maximum atomic E-state index is 5.45. The van der Waals surface area contributed by atoms with Crippen molar-refractivity contribution in [2.24, 2.45) is 4.99 Å². The SMILES string of the molecule is ClCCN=Cc1ccccc1. The molecule has 1 aromatic rings. The first-order valence-electron chi connectivity index (χ1n) is 3.54. The van der Waals surface area contributed by atoms with Crippen LogP contribution in [0.3, 0.4) is 0 Å². The average Bonchev–Trinajstić information content (AvgIpc) is 2.07. The molecule has 0 aliphatic rings. The van der Waals surface area contributed by atoms with Crippen LogP contribution in [0.1, 0.15) is 5.56 Å². The first-order chi connectivity index (χ1) is 5.43. The molecule has 0 aliphatic heterocycles. The van der Waals surface area contributed by atoms with Crippen molar-refractivity contribution in [3.05, 3.63) is 35.9 Å². The number of nitrogens with zero attached hydrogens (tertiary/aromatic N) is 1. The molecule has 0 amide bonds. The van der Waals surface area contributed by atoms with Crippen molar-refractivity contribution in [3.8, 4) is 0 Å². The van der Waals surface area contributed by atoms with Gasteiger partial charge in [0.1, 0.15) is 0 Å². The molecular formula is C9H10ClN. The minimum absolute atomic E-state index is 0.587. The summed E-state index contributed by atoms with van der Waals surface area (Å²) in [5, 5.41) is 0. The van der Waals surface area contributed by atoms with Gasteiger partial charge >= 0.3 is 0 Å². The summed E-state index contributed by atoms with van der Waals surface area (Å²) in [5.41, 5.74) is 1.12. The Morgan fingerprint density at radius 3 is 2.64 bits per heavy atom. The van der Waals surface area contributed by atoms with E-state index in [1.54, 1.807) is 0 Å². The van der Waals surface area contributed by atoms with Gasteiger partial charge < -0.3 is 0 Å². The van der Waals surface area contributed by atoms with Crippen LogP contribution in [-0.2, 0) is 0 Å². The molecule has 0 unspecified atom stereocenters. The Morgan fingerprint density at radius 2 is 2.00 bits per heavy atom. The molecule has 0 saturated carbocycles. The lowest BCUT2D eigenvalue weighted by molar-refractivity contribution is 1.15. The average molecular weight is 168 g/mol. The molecule has 0 atom stereocenters. The minimum Gasteiger partial charge on any atom is -0.291 e. The van der Waals surface area contributed by atoms with Gasteiger partial charge in [0.05, 0.1) is 6.54 Å². The third-order valence-corrected chi connectivity index (χ3v) is 1.42.